The topological polar surface area (TPSA) is 20.3 Å². The van der Waals surface area contributed by atoms with Crippen molar-refractivity contribution in [2.24, 2.45) is 0 Å². The molecule has 0 spiro atoms. The molecule has 0 radical (unpaired) electrons. The van der Waals surface area contributed by atoms with Crippen molar-refractivity contribution in [1.82, 2.24) is 4.90 Å². The number of carbonyl (C=O) groups is 1. The van der Waals surface area contributed by atoms with Gasteiger partial charge in [-0.1, -0.05) is 18.2 Å². The lowest BCUT2D eigenvalue weighted by Crippen LogP contribution is -2.42. The van der Waals surface area contributed by atoms with E-state index in [1.165, 1.54) is 6.07 Å². The lowest BCUT2D eigenvalue weighted by molar-refractivity contribution is 0.111. The van der Waals surface area contributed by atoms with Crippen LogP contribution in [0.15, 0.2) is 24.3 Å². The molecule has 1 aromatic rings. The number of carbonyl (C=O) groups excluding carboxylic acids is 1. The first-order valence-electron chi connectivity index (χ1n) is 6.58. The Hall–Kier alpha value is -1.48. The summed E-state index contributed by atoms with van der Waals surface area (Å²) in [5.41, 5.74) is 2.16. The number of nitrogens with zero attached hydrogens (tertiary/aromatic N) is 1. The van der Waals surface area contributed by atoms with E-state index in [9.17, 15) is 9.18 Å². The van der Waals surface area contributed by atoms with Crippen LogP contribution in [0.4, 0.5) is 4.39 Å². The maximum atomic E-state index is 13.6. The first kappa shape index (κ1) is 13.9. The first-order chi connectivity index (χ1) is 8.98. The molecule has 1 unspecified atom stereocenters. The first-order valence-corrected chi connectivity index (χ1v) is 6.58. The molecule has 0 bridgehead atoms. The number of hydrogen-bond acceptors (Lipinski definition) is 2. The van der Waals surface area contributed by atoms with E-state index in [-0.39, 0.29) is 11.1 Å². The molecule has 1 aliphatic carbocycles. The van der Waals surface area contributed by atoms with Gasteiger partial charge in [0, 0.05) is 5.54 Å². The molecular weight excluding hydrogens is 241 g/mol. The third-order valence-corrected chi connectivity index (χ3v) is 4.32. The predicted octanol–water partition coefficient (Wildman–Crippen LogP) is 3.53. The summed E-state index contributed by atoms with van der Waals surface area (Å²) in [4.78, 5) is 13.3. The highest BCUT2D eigenvalue weighted by molar-refractivity contribution is 5.86. The van der Waals surface area contributed by atoms with Gasteiger partial charge in [0.05, 0.1) is 5.56 Å². The number of rotatable bonds is 3. The van der Waals surface area contributed by atoms with Crippen LogP contribution in [0, 0.1) is 5.82 Å². The van der Waals surface area contributed by atoms with Gasteiger partial charge >= 0.3 is 0 Å². The van der Waals surface area contributed by atoms with Gasteiger partial charge in [0.2, 0.25) is 0 Å². The largest absolute Gasteiger partial charge is 0.304 e. The second-order valence-electron chi connectivity index (χ2n) is 5.64. The molecule has 102 valence electrons. The Morgan fingerprint density at radius 2 is 2.11 bits per heavy atom. The highest BCUT2D eigenvalue weighted by Gasteiger charge is 2.29. The monoisotopic (exact) mass is 261 g/mol. The van der Waals surface area contributed by atoms with Crippen LogP contribution in [0.5, 0.6) is 0 Å². The molecule has 0 saturated carbocycles. The van der Waals surface area contributed by atoms with Gasteiger partial charge in [0.25, 0.3) is 0 Å². The fourth-order valence-corrected chi connectivity index (χ4v) is 2.54. The molecule has 0 fully saturated rings. The van der Waals surface area contributed by atoms with Crippen LogP contribution in [-0.2, 0) is 0 Å². The van der Waals surface area contributed by atoms with E-state index < -0.39 is 5.82 Å². The van der Waals surface area contributed by atoms with Crippen LogP contribution < -0.4 is 0 Å². The van der Waals surface area contributed by atoms with Crippen molar-refractivity contribution < 1.29 is 9.18 Å². The Labute approximate surface area is 113 Å². The lowest BCUT2D eigenvalue weighted by Gasteiger charge is -2.39. The minimum atomic E-state index is -0.436. The third kappa shape index (κ3) is 2.61. The van der Waals surface area contributed by atoms with Crippen molar-refractivity contribution in [2.75, 3.05) is 14.1 Å². The molecule has 2 rings (SSSR count). The summed E-state index contributed by atoms with van der Waals surface area (Å²) in [6.45, 7) is 2.23. The number of hydrogen-bond donors (Lipinski definition) is 0. The van der Waals surface area contributed by atoms with Gasteiger partial charge in [0.1, 0.15) is 5.82 Å². The summed E-state index contributed by atoms with van der Waals surface area (Å²) in [5, 5.41) is 0. The number of aldehydes is 1. The Morgan fingerprint density at radius 1 is 1.37 bits per heavy atom. The van der Waals surface area contributed by atoms with Crippen LogP contribution in [0.25, 0.3) is 5.57 Å². The molecule has 0 heterocycles. The van der Waals surface area contributed by atoms with Gasteiger partial charge in [-0.15, -0.1) is 0 Å². The second-order valence-corrected chi connectivity index (χ2v) is 5.64. The summed E-state index contributed by atoms with van der Waals surface area (Å²) in [6.07, 6.45) is 5.57. The van der Waals surface area contributed by atoms with E-state index in [1.54, 1.807) is 6.07 Å². The van der Waals surface area contributed by atoms with E-state index >= 15 is 0 Å². The number of benzene rings is 1. The molecule has 1 aliphatic rings. The molecule has 0 N–H and O–H groups in total. The van der Waals surface area contributed by atoms with Crippen molar-refractivity contribution in [3.05, 3.63) is 41.2 Å². The van der Waals surface area contributed by atoms with Gasteiger partial charge < -0.3 is 4.90 Å². The molecule has 0 aromatic heterocycles. The van der Waals surface area contributed by atoms with Crippen LogP contribution in [0.3, 0.4) is 0 Å². The molecule has 1 atom stereocenters. The van der Waals surface area contributed by atoms with Crippen molar-refractivity contribution in [3.8, 4) is 0 Å². The molecule has 0 saturated heterocycles. The molecular formula is C16H20FNO. The van der Waals surface area contributed by atoms with E-state index in [1.807, 2.05) is 6.07 Å². The fraction of sp³-hybridized carbons (Fsp3) is 0.438. The van der Waals surface area contributed by atoms with Crippen LogP contribution in [0.1, 0.15) is 42.1 Å². The van der Waals surface area contributed by atoms with E-state index in [4.69, 9.17) is 0 Å². The summed E-state index contributed by atoms with van der Waals surface area (Å²) in [7, 11) is 4.16. The average molecular weight is 261 g/mol. The van der Waals surface area contributed by atoms with Gasteiger partial charge in [-0.3, -0.25) is 4.79 Å². The standard InChI is InChI=1S/C16H20FNO/c1-16(18(2)3)9-7-12(8-10-16)13-5-4-6-15(17)14(13)11-19/h4-7,11H,8-10H2,1-3H3. The molecule has 3 heteroatoms. The molecule has 19 heavy (non-hydrogen) atoms. The van der Waals surface area contributed by atoms with Gasteiger partial charge in [-0.25, -0.2) is 4.39 Å². The van der Waals surface area contributed by atoms with Crippen LogP contribution in [-0.4, -0.2) is 30.8 Å². The molecule has 2 nitrogen and oxygen atoms in total. The smallest absolute Gasteiger partial charge is 0.153 e. The average Bonchev–Trinajstić information content (AvgIpc) is 2.39. The van der Waals surface area contributed by atoms with Crippen molar-refractivity contribution >= 4 is 11.9 Å². The predicted molar refractivity (Wildman–Crippen MR) is 75.7 cm³/mol. The van der Waals surface area contributed by atoms with Crippen LogP contribution in [0.2, 0.25) is 0 Å². The molecule has 1 aromatic carbocycles. The van der Waals surface area contributed by atoms with Crippen LogP contribution >= 0.6 is 0 Å². The highest BCUT2D eigenvalue weighted by Crippen LogP contribution is 2.36. The SMILES string of the molecule is CN(C)C1(C)CC=C(c2cccc(F)c2C=O)CC1. The Bertz CT molecular complexity index is 521. The zero-order valence-electron chi connectivity index (χ0n) is 11.7. The zero-order valence-corrected chi connectivity index (χ0v) is 11.7. The van der Waals surface area contributed by atoms with Crippen molar-refractivity contribution in [3.63, 3.8) is 0 Å². The van der Waals surface area contributed by atoms with Gasteiger partial charge in [-0.05, 0) is 57.5 Å². The number of halogens is 1. The summed E-state index contributed by atoms with van der Waals surface area (Å²) >= 11 is 0. The molecule has 0 aliphatic heterocycles. The van der Waals surface area contributed by atoms with E-state index in [2.05, 4.69) is 32.0 Å². The third-order valence-electron chi connectivity index (χ3n) is 4.32. The maximum Gasteiger partial charge on any atom is 0.153 e. The lowest BCUT2D eigenvalue weighted by atomic mass is 9.80. The highest BCUT2D eigenvalue weighted by atomic mass is 19.1. The van der Waals surface area contributed by atoms with Crippen molar-refractivity contribution in [1.29, 1.82) is 0 Å². The quantitative estimate of drug-likeness (QED) is 0.776. The van der Waals surface area contributed by atoms with E-state index in [0.717, 1.165) is 30.4 Å². The maximum absolute atomic E-state index is 13.6. The summed E-state index contributed by atoms with van der Waals surface area (Å²) in [6, 6.07) is 4.83. The minimum Gasteiger partial charge on any atom is -0.304 e. The van der Waals surface area contributed by atoms with Gasteiger partial charge in [-0.2, -0.15) is 0 Å². The summed E-state index contributed by atoms with van der Waals surface area (Å²) in [5.74, 6) is -0.436. The Morgan fingerprint density at radius 3 is 2.63 bits per heavy atom. The normalized spacial score (nSPS) is 23.3. The van der Waals surface area contributed by atoms with Gasteiger partial charge in [0.15, 0.2) is 6.29 Å². The Kier molecular flexibility index (Phi) is 3.85. The fourth-order valence-electron chi connectivity index (χ4n) is 2.54. The zero-order chi connectivity index (χ0) is 14.0. The molecule has 0 amide bonds. The summed E-state index contributed by atoms with van der Waals surface area (Å²) < 4.78 is 13.6. The van der Waals surface area contributed by atoms with E-state index in [0.29, 0.717) is 6.29 Å². The Balaban J connectivity index is 2.33. The minimum absolute atomic E-state index is 0.151. The second kappa shape index (κ2) is 5.25. The van der Waals surface area contributed by atoms with Crippen molar-refractivity contribution in [2.45, 2.75) is 31.7 Å². The number of allylic oxidation sites excluding steroid dienone is 1.